The maximum absolute atomic E-state index is 13.5. The van der Waals surface area contributed by atoms with E-state index in [4.69, 9.17) is 11.6 Å². The van der Waals surface area contributed by atoms with Gasteiger partial charge in [0, 0.05) is 16.6 Å². The van der Waals surface area contributed by atoms with Crippen molar-refractivity contribution in [3.63, 3.8) is 0 Å². The van der Waals surface area contributed by atoms with Gasteiger partial charge in [0.1, 0.15) is 11.5 Å². The Labute approximate surface area is 193 Å². The van der Waals surface area contributed by atoms with Gasteiger partial charge in [-0.05, 0) is 67.6 Å². The Morgan fingerprint density at radius 3 is 2.36 bits per heavy atom. The third-order valence-corrected chi connectivity index (χ3v) is 6.60. The number of nitrogens with zero attached hydrogens (tertiary/aromatic N) is 1. The molecule has 4 rings (SSSR count). The number of hydrogen-bond acceptors (Lipinski definition) is 4. The van der Waals surface area contributed by atoms with E-state index in [0.717, 1.165) is 25.7 Å². The molecule has 1 saturated carbocycles. The Kier molecular flexibility index (Phi) is 6.30. The van der Waals surface area contributed by atoms with Crippen molar-refractivity contribution in [2.75, 3.05) is 0 Å². The smallest absolute Gasteiger partial charge is 0.387 e. The SMILES string of the molecule is Cc1c(C(C(=O)O)C2CCCC2)c2cc(O)c(Cl)cc2n1C(=O)c1ccc(OC(F)F)cc1. The van der Waals surface area contributed by atoms with Crippen LogP contribution < -0.4 is 4.74 Å². The molecule has 0 amide bonds. The van der Waals surface area contributed by atoms with Gasteiger partial charge in [-0.2, -0.15) is 8.78 Å². The average molecular weight is 478 g/mol. The number of aromatic hydroxyl groups is 1. The fourth-order valence-electron chi connectivity index (χ4n) is 4.86. The fraction of sp³-hybridized carbons (Fsp3) is 0.333. The number of carbonyl (C=O) groups is 2. The van der Waals surface area contributed by atoms with Crippen LogP contribution in [0.4, 0.5) is 8.78 Å². The zero-order valence-corrected chi connectivity index (χ0v) is 18.5. The molecule has 2 aromatic carbocycles. The number of carbonyl (C=O) groups excluding carboxylic acids is 1. The normalized spacial score (nSPS) is 15.3. The van der Waals surface area contributed by atoms with Crippen LogP contribution >= 0.6 is 11.6 Å². The summed E-state index contributed by atoms with van der Waals surface area (Å²) >= 11 is 6.13. The van der Waals surface area contributed by atoms with Crippen LogP contribution in [-0.4, -0.2) is 33.3 Å². The van der Waals surface area contributed by atoms with Gasteiger partial charge in [-0.3, -0.25) is 14.2 Å². The molecule has 0 spiro atoms. The third kappa shape index (κ3) is 4.27. The van der Waals surface area contributed by atoms with Crippen molar-refractivity contribution in [2.45, 2.75) is 45.1 Å². The molecule has 33 heavy (non-hydrogen) atoms. The molecular formula is C24H22ClF2NO5. The van der Waals surface area contributed by atoms with Crippen molar-refractivity contribution in [3.05, 3.63) is 58.2 Å². The molecule has 0 bridgehead atoms. The predicted molar refractivity (Wildman–Crippen MR) is 118 cm³/mol. The molecule has 1 heterocycles. The molecule has 1 aliphatic rings. The van der Waals surface area contributed by atoms with E-state index in [1.54, 1.807) is 6.92 Å². The third-order valence-electron chi connectivity index (χ3n) is 6.30. The second-order valence-electron chi connectivity index (χ2n) is 8.22. The quantitative estimate of drug-likeness (QED) is 0.457. The highest BCUT2D eigenvalue weighted by molar-refractivity contribution is 6.33. The van der Waals surface area contributed by atoms with Gasteiger partial charge in [0.15, 0.2) is 0 Å². The molecule has 9 heteroatoms. The van der Waals surface area contributed by atoms with Crippen molar-refractivity contribution in [3.8, 4) is 11.5 Å². The molecule has 3 aromatic rings. The van der Waals surface area contributed by atoms with Gasteiger partial charge in [-0.25, -0.2) is 0 Å². The van der Waals surface area contributed by atoms with Gasteiger partial charge in [0.2, 0.25) is 0 Å². The lowest BCUT2D eigenvalue weighted by molar-refractivity contribution is -0.140. The first kappa shape index (κ1) is 23.0. The minimum absolute atomic E-state index is 0.0222. The number of phenols is 1. The summed E-state index contributed by atoms with van der Waals surface area (Å²) in [5.41, 5.74) is 1.47. The first-order valence-electron chi connectivity index (χ1n) is 10.5. The number of aliphatic carboxylic acids is 1. The molecule has 1 aromatic heterocycles. The Balaban J connectivity index is 1.88. The minimum Gasteiger partial charge on any atom is -0.506 e. The van der Waals surface area contributed by atoms with Crippen LogP contribution in [0.3, 0.4) is 0 Å². The largest absolute Gasteiger partial charge is 0.506 e. The van der Waals surface area contributed by atoms with Crippen LogP contribution in [0.2, 0.25) is 5.02 Å². The van der Waals surface area contributed by atoms with E-state index in [2.05, 4.69) is 4.74 Å². The lowest BCUT2D eigenvalue weighted by Crippen LogP contribution is -2.21. The molecule has 174 valence electrons. The molecule has 0 radical (unpaired) electrons. The van der Waals surface area contributed by atoms with Crippen molar-refractivity contribution in [1.29, 1.82) is 0 Å². The topological polar surface area (TPSA) is 88.8 Å². The Hall–Kier alpha value is -3.13. The van der Waals surface area contributed by atoms with Gasteiger partial charge < -0.3 is 14.9 Å². The first-order chi connectivity index (χ1) is 15.7. The summed E-state index contributed by atoms with van der Waals surface area (Å²) in [6, 6.07) is 8.07. The number of fused-ring (bicyclic) bond motifs is 1. The van der Waals surface area contributed by atoms with E-state index in [1.807, 2.05) is 0 Å². The van der Waals surface area contributed by atoms with Crippen molar-refractivity contribution >= 4 is 34.4 Å². The number of aromatic nitrogens is 1. The van der Waals surface area contributed by atoms with E-state index in [-0.39, 0.29) is 28.0 Å². The van der Waals surface area contributed by atoms with Crippen LogP contribution in [0.25, 0.3) is 10.9 Å². The fourth-order valence-corrected chi connectivity index (χ4v) is 5.02. The van der Waals surface area contributed by atoms with E-state index in [9.17, 15) is 28.6 Å². The molecule has 0 aliphatic heterocycles. The van der Waals surface area contributed by atoms with Crippen molar-refractivity contribution in [2.24, 2.45) is 5.92 Å². The van der Waals surface area contributed by atoms with Crippen molar-refractivity contribution < 1.29 is 33.3 Å². The highest BCUT2D eigenvalue weighted by atomic mass is 35.5. The van der Waals surface area contributed by atoms with E-state index < -0.39 is 24.4 Å². The maximum Gasteiger partial charge on any atom is 0.387 e. The first-order valence-corrected chi connectivity index (χ1v) is 10.9. The van der Waals surface area contributed by atoms with Gasteiger partial charge in [0.05, 0.1) is 16.5 Å². The number of carboxylic acids is 1. The summed E-state index contributed by atoms with van der Waals surface area (Å²) in [5.74, 6) is -2.69. The second kappa shape index (κ2) is 9.02. The lowest BCUT2D eigenvalue weighted by Gasteiger charge is -2.20. The van der Waals surface area contributed by atoms with E-state index >= 15 is 0 Å². The number of rotatable bonds is 6. The number of benzene rings is 2. The van der Waals surface area contributed by atoms with Crippen LogP contribution in [0, 0.1) is 12.8 Å². The van der Waals surface area contributed by atoms with E-state index in [0.29, 0.717) is 22.2 Å². The summed E-state index contributed by atoms with van der Waals surface area (Å²) in [4.78, 5) is 25.8. The van der Waals surface area contributed by atoms with E-state index in [1.165, 1.54) is 41.0 Å². The van der Waals surface area contributed by atoms with Crippen LogP contribution in [0.5, 0.6) is 11.5 Å². The Morgan fingerprint density at radius 1 is 1.15 bits per heavy atom. The van der Waals surface area contributed by atoms with Crippen LogP contribution in [0.15, 0.2) is 36.4 Å². The lowest BCUT2D eigenvalue weighted by atomic mass is 9.83. The van der Waals surface area contributed by atoms with Crippen LogP contribution in [0.1, 0.15) is 53.2 Å². The zero-order valence-electron chi connectivity index (χ0n) is 17.7. The van der Waals surface area contributed by atoms with Crippen molar-refractivity contribution in [1.82, 2.24) is 4.57 Å². The maximum atomic E-state index is 13.5. The molecule has 1 atom stereocenters. The monoisotopic (exact) mass is 477 g/mol. The molecule has 1 fully saturated rings. The summed E-state index contributed by atoms with van der Waals surface area (Å²) in [7, 11) is 0. The highest BCUT2D eigenvalue weighted by Gasteiger charge is 2.36. The minimum atomic E-state index is -2.98. The zero-order chi connectivity index (χ0) is 23.9. The summed E-state index contributed by atoms with van der Waals surface area (Å²) in [6.07, 6.45) is 3.41. The molecule has 2 N–H and O–H groups in total. The molecule has 6 nitrogen and oxygen atoms in total. The summed E-state index contributed by atoms with van der Waals surface area (Å²) in [6.45, 7) is -1.32. The average Bonchev–Trinajstić information content (AvgIpc) is 3.36. The summed E-state index contributed by atoms with van der Waals surface area (Å²) < 4.78 is 30.6. The standard InChI is InChI=1S/C24H22ClF2NO5/c1-12-20(21(23(31)32)13-4-2-3-5-13)16-10-19(29)17(25)11-18(16)28(12)22(30)14-6-8-15(9-7-14)33-24(26)27/h6-11,13,21,24,29H,2-5H2,1H3,(H,31,32). The molecule has 1 unspecified atom stereocenters. The van der Waals surface area contributed by atoms with Gasteiger partial charge in [0.25, 0.3) is 5.91 Å². The van der Waals surface area contributed by atoms with Gasteiger partial charge in [-0.1, -0.05) is 24.4 Å². The highest BCUT2D eigenvalue weighted by Crippen LogP contribution is 2.44. The molecule has 0 saturated heterocycles. The van der Waals surface area contributed by atoms with Gasteiger partial charge in [-0.15, -0.1) is 0 Å². The van der Waals surface area contributed by atoms with Crippen LogP contribution in [-0.2, 0) is 4.79 Å². The number of hydrogen-bond donors (Lipinski definition) is 2. The Morgan fingerprint density at radius 2 is 1.79 bits per heavy atom. The number of phenolic OH excluding ortho intramolecular Hbond substituents is 1. The summed E-state index contributed by atoms with van der Waals surface area (Å²) in [5, 5.41) is 20.8. The van der Waals surface area contributed by atoms with Gasteiger partial charge >= 0.3 is 12.6 Å². The molecular weight excluding hydrogens is 456 g/mol. The Bertz CT molecular complexity index is 1220. The number of carboxylic acid groups (broad SMARTS) is 1. The number of halogens is 3. The number of ether oxygens (including phenoxy) is 1. The molecule has 1 aliphatic carbocycles. The predicted octanol–water partition coefficient (Wildman–Crippen LogP) is 5.96. The second-order valence-corrected chi connectivity index (χ2v) is 8.63. The number of alkyl halides is 2.